The van der Waals surface area contributed by atoms with Crippen molar-refractivity contribution in [3.63, 3.8) is 0 Å². The quantitative estimate of drug-likeness (QED) is 0.720. The first-order valence-corrected chi connectivity index (χ1v) is 6.34. The minimum absolute atomic E-state index is 0.694. The van der Waals surface area contributed by atoms with Gasteiger partial charge in [0.05, 0.1) is 12.0 Å². The van der Waals surface area contributed by atoms with E-state index < -0.39 is 0 Å². The van der Waals surface area contributed by atoms with Gasteiger partial charge >= 0.3 is 0 Å². The van der Waals surface area contributed by atoms with Gasteiger partial charge < -0.3 is 9.88 Å². The fourth-order valence-electron chi connectivity index (χ4n) is 1.57. The van der Waals surface area contributed by atoms with E-state index >= 15 is 0 Å². The van der Waals surface area contributed by atoms with Crippen LogP contribution < -0.4 is 5.32 Å². The molecule has 0 bridgehead atoms. The molecule has 0 aliphatic heterocycles. The van der Waals surface area contributed by atoms with Crippen molar-refractivity contribution in [2.75, 3.05) is 6.54 Å². The summed E-state index contributed by atoms with van der Waals surface area (Å²) >= 11 is 0. The molecule has 0 saturated carbocycles. The van der Waals surface area contributed by atoms with Gasteiger partial charge in [0.2, 0.25) is 0 Å². The van der Waals surface area contributed by atoms with Crippen LogP contribution in [-0.4, -0.2) is 16.1 Å². The lowest BCUT2D eigenvalue weighted by atomic mass is 9.98. The van der Waals surface area contributed by atoms with Crippen molar-refractivity contribution in [3.05, 3.63) is 18.2 Å². The van der Waals surface area contributed by atoms with Gasteiger partial charge in [0.1, 0.15) is 0 Å². The molecule has 1 aromatic heterocycles. The fourth-order valence-corrected chi connectivity index (χ4v) is 1.57. The van der Waals surface area contributed by atoms with E-state index in [1.54, 1.807) is 0 Å². The maximum atomic E-state index is 4.24. The molecule has 16 heavy (non-hydrogen) atoms. The predicted molar refractivity (Wildman–Crippen MR) is 68.2 cm³/mol. The summed E-state index contributed by atoms with van der Waals surface area (Å²) in [6, 6.07) is 0. The Hall–Kier alpha value is -0.830. The Morgan fingerprint density at radius 3 is 2.75 bits per heavy atom. The van der Waals surface area contributed by atoms with E-state index in [1.165, 1.54) is 12.1 Å². The van der Waals surface area contributed by atoms with E-state index in [1.807, 2.05) is 12.5 Å². The van der Waals surface area contributed by atoms with Crippen molar-refractivity contribution in [1.82, 2.24) is 14.9 Å². The number of aromatic nitrogens is 2. The van der Waals surface area contributed by atoms with Crippen LogP contribution in [0.25, 0.3) is 0 Å². The lowest BCUT2D eigenvalue weighted by Crippen LogP contribution is -2.19. The monoisotopic (exact) mass is 223 g/mol. The van der Waals surface area contributed by atoms with Gasteiger partial charge in [-0.2, -0.15) is 0 Å². The number of nitrogens with zero attached hydrogens (tertiary/aromatic N) is 2. The first kappa shape index (κ1) is 13.2. The molecule has 0 aromatic carbocycles. The van der Waals surface area contributed by atoms with Crippen LogP contribution in [0.1, 0.15) is 39.8 Å². The number of nitrogens with one attached hydrogen (secondary N) is 1. The third-order valence-electron chi connectivity index (χ3n) is 3.15. The molecule has 1 unspecified atom stereocenters. The second-order valence-corrected chi connectivity index (χ2v) is 4.94. The highest BCUT2D eigenvalue weighted by molar-refractivity contribution is 4.98. The molecule has 0 radical (unpaired) electrons. The Morgan fingerprint density at radius 2 is 2.12 bits per heavy atom. The van der Waals surface area contributed by atoms with Gasteiger partial charge in [-0.3, -0.25) is 0 Å². The third kappa shape index (κ3) is 3.97. The van der Waals surface area contributed by atoms with Crippen molar-refractivity contribution in [2.24, 2.45) is 11.8 Å². The van der Waals surface area contributed by atoms with Gasteiger partial charge in [0, 0.05) is 19.3 Å². The standard InChI is InChI=1S/C13H25N3/c1-5-6-14-7-13-8-15-10-16(13)9-12(4)11(2)3/h8,10-12,14H,5-7,9H2,1-4H3. The van der Waals surface area contributed by atoms with Gasteiger partial charge in [-0.15, -0.1) is 0 Å². The number of imidazole rings is 1. The molecule has 0 aliphatic rings. The Kier molecular flexibility index (Phi) is 5.53. The molecule has 0 fully saturated rings. The van der Waals surface area contributed by atoms with Crippen LogP contribution in [0, 0.1) is 11.8 Å². The number of hydrogen-bond donors (Lipinski definition) is 1. The second-order valence-electron chi connectivity index (χ2n) is 4.94. The summed E-state index contributed by atoms with van der Waals surface area (Å²) in [7, 11) is 0. The normalized spacial score (nSPS) is 13.3. The van der Waals surface area contributed by atoms with Crippen LogP contribution in [-0.2, 0) is 13.1 Å². The minimum Gasteiger partial charge on any atom is -0.333 e. The molecular formula is C13H25N3. The summed E-state index contributed by atoms with van der Waals surface area (Å²) < 4.78 is 2.27. The maximum absolute atomic E-state index is 4.24. The molecule has 1 aromatic rings. The van der Waals surface area contributed by atoms with Crippen LogP contribution in [0.5, 0.6) is 0 Å². The third-order valence-corrected chi connectivity index (χ3v) is 3.15. The van der Waals surface area contributed by atoms with Gasteiger partial charge in [-0.25, -0.2) is 4.98 Å². The molecule has 92 valence electrons. The Morgan fingerprint density at radius 1 is 1.38 bits per heavy atom. The molecule has 1 N–H and O–H groups in total. The van der Waals surface area contributed by atoms with Gasteiger partial charge in [-0.05, 0) is 24.8 Å². The van der Waals surface area contributed by atoms with Crippen LogP contribution in [0.3, 0.4) is 0 Å². The van der Waals surface area contributed by atoms with Crippen molar-refractivity contribution in [1.29, 1.82) is 0 Å². The van der Waals surface area contributed by atoms with Crippen molar-refractivity contribution in [2.45, 2.75) is 47.2 Å². The average Bonchev–Trinajstić information content (AvgIpc) is 2.66. The molecule has 1 atom stereocenters. The lowest BCUT2D eigenvalue weighted by Gasteiger charge is -2.17. The van der Waals surface area contributed by atoms with Gasteiger partial charge in [0.15, 0.2) is 0 Å². The highest BCUT2D eigenvalue weighted by Gasteiger charge is 2.10. The van der Waals surface area contributed by atoms with Crippen LogP contribution in [0.15, 0.2) is 12.5 Å². The highest BCUT2D eigenvalue weighted by Crippen LogP contribution is 2.13. The second kappa shape index (κ2) is 6.69. The molecular weight excluding hydrogens is 198 g/mol. The van der Waals surface area contributed by atoms with E-state index in [0.717, 1.165) is 25.6 Å². The molecule has 3 nitrogen and oxygen atoms in total. The topological polar surface area (TPSA) is 29.9 Å². The van der Waals surface area contributed by atoms with Crippen LogP contribution >= 0.6 is 0 Å². The number of hydrogen-bond acceptors (Lipinski definition) is 2. The first-order valence-electron chi connectivity index (χ1n) is 6.34. The summed E-state index contributed by atoms with van der Waals surface area (Å²) in [4.78, 5) is 4.24. The van der Waals surface area contributed by atoms with Gasteiger partial charge in [0.25, 0.3) is 0 Å². The van der Waals surface area contributed by atoms with Gasteiger partial charge in [-0.1, -0.05) is 27.7 Å². The minimum atomic E-state index is 0.694. The maximum Gasteiger partial charge on any atom is 0.0948 e. The summed E-state index contributed by atoms with van der Waals surface area (Å²) in [6.45, 7) is 12.1. The SMILES string of the molecule is CCCNCc1cncn1CC(C)C(C)C. The molecule has 0 saturated heterocycles. The molecule has 3 heteroatoms. The smallest absolute Gasteiger partial charge is 0.0948 e. The highest BCUT2D eigenvalue weighted by atomic mass is 15.1. The van der Waals surface area contributed by atoms with Crippen LogP contribution in [0.4, 0.5) is 0 Å². The molecule has 1 rings (SSSR count). The number of rotatable bonds is 7. The Labute approximate surface area is 99.3 Å². The summed E-state index contributed by atoms with van der Waals surface area (Å²) in [6.07, 6.45) is 5.09. The zero-order valence-electron chi connectivity index (χ0n) is 11.0. The summed E-state index contributed by atoms with van der Waals surface area (Å²) in [5.74, 6) is 1.41. The average molecular weight is 223 g/mol. The molecule has 0 aliphatic carbocycles. The van der Waals surface area contributed by atoms with E-state index in [4.69, 9.17) is 0 Å². The summed E-state index contributed by atoms with van der Waals surface area (Å²) in [5.41, 5.74) is 1.29. The molecule has 0 spiro atoms. The lowest BCUT2D eigenvalue weighted by molar-refractivity contribution is 0.359. The zero-order chi connectivity index (χ0) is 12.0. The van der Waals surface area contributed by atoms with Crippen LogP contribution in [0.2, 0.25) is 0 Å². The predicted octanol–water partition coefficient (Wildman–Crippen LogP) is 2.67. The Balaban J connectivity index is 2.50. The van der Waals surface area contributed by atoms with Crippen molar-refractivity contribution in [3.8, 4) is 0 Å². The molecule has 1 heterocycles. The summed E-state index contributed by atoms with van der Waals surface area (Å²) in [5, 5.41) is 3.42. The Bertz CT molecular complexity index is 291. The van der Waals surface area contributed by atoms with E-state index in [-0.39, 0.29) is 0 Å². The van der Waals surface area contributed by atoms with Crippen molar-refractivity contribution >= 4 is 0 Å². The van der Waals surface area contributed by atoms with E-state index in [2.05, 4.69) is 42.6 Å². The molecule has 0 amide bonds. The van der Waals surface area contributed by atoms with E-state index in [0.29, 0.717) is 5.92 Å². The largest absolute Gasteiger partial charge is 0.333 e. The first-order chi connectivity index (χ1) is 7.65. The fraction of sp³-hybridized carbons (Fsp3) is 0.769. The van der Waals surface area contributed by atoms with E-state index in [9.17, 15) is 0 Å². The van der Waals surface area contributed by atoms with Crippen molar-refractivity contribution < 1.29 is 0 Å². The zero-order valence-corrected chi connectivity index (χ0v) is 11.0.